The van der Waals surface area contributed by atoms with Gasteiger partial charge in [-0.25, -0.2) is 9.48 Å². The Morgan fingerprint density at radius 3 is 2.62 bits per heavy atom. The monoisotopic (exact) mass is 439 g/mol. The number of likely N-dealkylation sites (tertiary alicyclic amines) is 1. The lowest BCUT2D eigenvalue weighted by molar-refractivity contribution is -0.111. The highest BCUT2D eigenvalue weighted by molar-refractivity contribution is 5.74. The van der Waals surface area contributed by atoms with Gasteiger partial charge in [0.05, 0.1) is 24.0 Å². The minimum Gasteiger partial charge on any atom is -0.449 e. The third-order valence-corrected chi connectivity index (χ3v) is 6.40. The van der Waals surface area contributed by atoms with Crippen LogP contribution in [-0.4, -0.2) is 83.4 Å². The van der Waals surface area contributed by atoms with Gasteiger partial charge in [-0.05, 0) is 31.9 Å². The standard InChI is InChI=1S/C24H33N5O3/c1-3-4-14-32-24(31)28-17-21(16-22(28)18-30)26-10-12-27(13-11-26)23-15-19(2)25-29(23)20-8-6-5-7-9-20/h5-9,15,18,21-22H,3-4,10-14,16-17H2,1-2H3. The van der Waals surface area contributed by atoms with Crippen LogP contribution in [0, 0.1) is 6.92 Å². The molecule has 2 fully saturated rings. The lowest BCUT2D eigenvalue weighted by atomic mass is 10.1. The van der Waals surface area contributed by atoms with E-state index in [0.717, 1.165) is 62.5 Å². The van der Waals surface area contributed by atoms with E-state index in [0.29, 0.717) is 19.6 Å². The summed E-state index contributed by atoms with van der Waals surface area (Å²) in [6.07, 6.45) is 3.01. The number of hydrogen-bond acceptors (Lipinski definition) is 6. The SMILES string of the molecule is CCCCOC(=O)N1CC(N2CCN(c3cc(C)nn3-c3ccccc3)CC2)CC1C=O. The van der Waals surface area contributed by atoms with Gasteiger partial charge in [0.25, 0.3) is 0 Å². The Hall–Kier alpha value is -2.87. The van der Waals surface area contributed by atoms with E-state index in [-0.39, 0.29) is 12.1 Å². The van der Waals surface area contributed by atoms with E-state index in [1.165, 1.54) is 0 Å². The van der Waals surface area contributed by atoms with Gasteiger partial charge in [0.15, 0.2) is 0 Å². The molecule has 1 aromatic carbocycles. The Balaban J connectivity index is 1.37. The van der Waals surface area contributed by atoms with Crippen LogP contribution < -0.4 is 4.90 Å². The molecule has 172 valence electrons. The van der Waals surface area contributed by atoms with Crippen LogP contribution in [-0.2, 0) is 9.53 Å². The Labute approximate surface area is 189 Å². The summed E-state index contributed by atoms with van der Waals surface area (Å²) >= 11 is 0. The molecule has 2 atom stereocenters. The maximum atomic E-state index is 12.4. The molecule has 0 aliphatic carbocycles. The number of aryl methyl sites for hydroxylation is 1. The first-order chi connectivity index (χ1) is 15.6. The molecule has 2 saturated heterocycles. The van der Waals surface area contributed by atoms with Gasteiger partial charge in [-0.2, -0.15) is 5.10 Å². The van der Waals surface area contributed by atoms with E-state index in [4.69, 9.17) is 9.84 Å². The first-order valence-electron chi connectivity index (χ1n) is 11.6. The Morgan fingerprint density at radius 2 is 1.94 bits per heavy atom. The number of rotatable bonds is 7. The quantitative estimate of drug-likeness (QED) is 0.488. The molecule has 1 amide bonds. The van der Waals surface area contributed by atoms with Crippen molar-refractivity contribution in [1.82, 2.24) is 19.6 Å². The van der Waals surface area contributed by atoms with Crippen LogP contribution >= 0.6 is 0 Å². The van der Waals surface area contributed by atoms with Crippen molar-refractivity contribution in [2.45, 2.75) is 45.2 Å². The van der Waals surface area contributed by atoms with Crippen molar-refractivity contribution in [1.29, 1.82) is 0 Å². The van der Waals surface area contributed by atoms with Crippen LogP contribution in [0.3, 0.4) is 0 Å². The van der Waals surface area contributed by atoms with E-state index in [1.807, 2.05) is 29.8 Å². The number of amides is 1. The van der Waals surface area contributed by atoms with Gasteiger partial charge in [-0.3, -0.25) is 9.80 Å². The molecule has 3 heterocycles. The van der Waals surface area contributed by atoms with Gasteiger partial charge in [0.1, 0.15) is 12.1 Å². The number of carbonyl (C=O) groups excluding carboxylic acids is 2. The van der Waals surface area contributed by atoms with Crippen LogP contribution in [0.4, 0.5) is 10.6 Å². The molecule has 2 aliphatic heterocycles. The van der Waals surface area contributed by atoms with E-state index in [1.54, 1.807) is 4.90 Å². The smallest absolute Gasteiger partial charge is 0.410 e. The first kappa shape index (κ1) is 22.3. The number of para-hydroxylation sites is 1. The van der Waals surface area contributed by atoms with Crippen LogP contribution in [0.25, 0.3) is 5.69 Å². The summed E-state index contributed by atoms with van der Waals surface area (Å²) in [6, 6.07) is 12.1. The number of nitrogens with zero attached hydrogens (tertiary/aromatic N) is 5. The third-order valence-electron chi connectivity index (χ3n) is 6.40. The van der Waals surface area contributed by atoms with Crippen molar-refractivity contribution in [3.8, 4) is 5.69 Å². The summed E-state index contributed by atoms with van der Waals surface area (Å²) in [6.45, 7) is 8.56. The van der Waals surface area contributed by atoms with Crippen molar-refractivity contribution in [3.63, 3.8) is 0 Å². The van der Waals surface area contributed by atoms with Gasteiger partial charge in [0.2, 0.25) is 0 Å². The maximum Gasteiger partial charge on any atom is 0.410 e. The summed E-state index contributed by atoms with van der Waals surface area (Å²) in [5.41, 5.74) is 2.05. The number of aldehydes is 1. The second-order valence-corrected chi connectivity index (χ2v) is 8.63. The lowest BCUT2D eigenvalue weighted by Gasteiger charge is -2.38. The highest BCUT2D eigenvalue weighted by Crippen LogP contribution is 2.26. The topological polar surface area (TPSA) is 70.9 Å². The number of aromatic nitrogens is 2. The maximum absolute atomic E-state index is 12.4. The molecule has 0 saturated carbocycles. The van der Waals surface area contributed by atoms with Crippen molar-refractivity contribution in [3.05, 3.63) is 42.1 Å². The molecular weight excluding hydrogens is 406 g/mol. The number of anilines is 1. The van der Waals surface area contributed by atoms with Gasteiger partial charge in [-0.1, -0.05) is 31.5 Å². The van der Waals surface area contributed by atoms with Crippen LogP contribution in [0.1, 0.15) is 31.9 Å². The predicted octanol–water partition coefficient (Wildman–Crippen LogP) is 2.88. The second kappa shape index (κ2) is 10.2. The number of ether oxygens (including phenoxy) is 1. The van der Waals surface area contributed by atoms with Crippen LogP contribution in [0.15, 0.2) is 36.4 Å². The molecule has 2 unspecified atom stereocenters. The normalized spacial score (nSPS) is 21.7. The molecule has 8 nitrogen and oxygen atoms in total. The number of hydrogen-bond donors (Lipinski definition) is 0. The Bertz CT molecular complexity index is 908. The highest BCUT2D eigenvalue weighted by Gasteiger charge is 2.39. The Morgan fingerprint density at radius 1 is 1.19 bits per heavy atom. The summed E-state index contributed by atoms with van der Waals surface area (Å²) in [4.78, 5) is 30.4. The third kappa shape index (κ3) is 4.80. The molecule has 4 rings (SSSR count). The minimum absolute atomic E-state index is 0.187. The highest BCUT2D eigenvalue weighted by atomic mass is 16.6. The number of piperazine rings is 1. The lowest BCUT2D eigenvalue weighted by Crippen LogP contribution is -2.51. The van der Waals surface area contributed by atoms with Crippen molar-refractivity contribution in [2.24, 2.45) is 0 Å². The van der Waals surface area contributed by atoms with Gasteiger partial charge in [0, 0.05) is 44.8 Å². The van der Waals surface area contributed by atoms with Crippen molar-refractivity contribution in [2.75, 3.05) is 44.2 Å². The zero-order valence-corrected chi connectivity index (χ0v) is 19.0. The second-order valence-electron chi connectivity index (χ2n) is 8.63. The molecule has 8 heteroatoms. The van der Waals surface area contributed by atoms with Gasteiger partial charge < -0.3 is 14.4 Å². The van der Waals surface area contributed by atoms with E-state index < -0.39 is 6.04 Å². The molecule has 0 spiro atoms. The molecule has 0 radical (unpaired) electrons. The fourth-order valence-corrected chi connectivity index (χ4v) is 4.62. The zero-order valence-electron chi connectivity index (χ0n) is 19.0. The minimum atomic E-state index is -0.394. The molecule has 32 heavy (non-hydrogen) atoms. The van der Waals surface area contributed by atoms with Gasteiger partial charge in [-0.15, -0.1) is 0 Å². The zero-order chi connectivity index (χ0) is 22.5. The molecule has 1 aromatic heterocycles. The Kier molecular flexibility index (Phi) is 7.09. The first-order valence-corrected chi connectivity index (χ1v) is 11.6. The summed E-state index contributed by atoms with van der Waals surface area (Å²) in [5, 5.41) is 4.70. The fraction of sp³-hybridized carbons (Fsp3) is 0.542. The fourth-order valence-electron chi connectivity index (χ4n) is 4.62. The summed E-state index contributed by atoms with van der Waals surface area (Å²) in [5.74, 6) is 1.10. The van der Waals surface area contributed by atoms with E-state index >= 15 is 0 Å². The number of benzene rings is 1. The molecule has 2 aliphatic rings. The molecule has 2 aromatic rings. The van der Waals surface area contributed by atoms with Crippen LogP contribution in [0.2, 0.25) is 0 Å². The number of carbonyl (C=O) groups is 2. The molecule has 0 N–H and O–H groups in total. The number of unbranched alkanes of at least 4 members (excludes halogenated alkanes) is 1. The van der Waals surface area contributed by atoms with Gasteiger partial charge >= 0.3 is 6.09 Å². The molecule has 0 bridgehead atoms. The molecular formula is C24H33N5O3. The predicted molar refractivity (Wildman–Crippen MR) is 123 cm³/mol. The van der Waals surface area contributed by atoms with E-state index in [2.05, 4.69) is 34.9 Å². The summed E-state index contributed by atoms with van der Waals surface area (Å²) < 4.78 is 7.37. The van der Waals surface area contributed by atoms with Crippen LogP contribution in [0.5, 0.6) is 0 Å². The summed E-state index contributed by atoms with van der Waals surface area (Å²) in [7, 11) is 0. The van der Waals surface area contributed by atoms with E-state index in [9.17, 15) is 9.59 Å². The average molecular weight is 440 g/mol. The van der Waals surface area contributed by atoms with Crippen molar-refractivity contribution >= 4 is 18.2 Å². The average Bonchev–Trinajstić information content (AvgIpc) is 3.44. The van der Waals surface area contributed by atoms with Crippen molar-refractivity contribution < 1.29 is 14.3 Å². The largest absolute Gasteiger partial charge is 0.449 e.